The maximum atomic E-state index is 13.1. The minimum absolute atomic E-state index is 0.295. The van der Waals surface area contributed by atoms with Crippen LogP contribution in [-0.2, 0) is 11.2 Å². The SMILES string of the molecule is Nc1ccnc(N2CCC[C@@](Cc3ccc(F)cc3)(C(=O)O)C2)n1. The number of hydrogen-bond acceptors (Lipinski definition) is 5. The van der Waals surface area contributed by atoms with Crippen molar-refractivity contribution in [2.75, 3.05) is 23.7 Å². The van der Waals surface area contributed by atoms with Crippen molar-refractivity contribution in [3.05, 3.63) is 47.9 Å². The minimum atomic E-state index is -0.954. The first kappa shape index (κ1) is 16.2. The fourth-order valence-electron chi connectivity index (χ4n) is 3.20. The number of piperidine rings is 1. The molecule has 3 rings (SSSR count). The van der Waals surface area contributed by atoms with Crippen LogP contribution in [0.1, 0.15) is 18.4 Å². The average Bonchev–Trinajstić information content (AvgIpc) is 2.57. The van der Waals surface area contributed by atoms with Crippen molar-refractivity contribution < 1.29 is 14.3 Å². The molecule has 0 radical (unpaired) electrons. The lowest BCUT2D eigenvalue weighted by Gasteiger charge is -2.40. The summed E-state index contributed by atoms with van der Waals surface area (Å²) in [7, 11) is 0. The Hall–Kier alpha value is -2.70. The van der Waals surface area contributed by atoms with Crippen molar-refractivity contribution >= 4 is 17.7 Å². The van der Waals surface area contributed by atoms with Crippen molar-refractivity contribution in [1.82, 2.24) is 9.97 Å². The molecular formula is C17H19FN4O2. The van der Waals surface area contributed by atoms with Crippen LogP contribution in [-0.4, -0.2) is 34.1 Å². The van der Waals surface area contributed by atoms with Gasteiger partial charge in [0.15, 0.2) is 0 Å². The topological polar surface area (TPSA) is 92.3 Å². The van der Waals surface area contributed by atoms with Crippen molar-refractivity contribution in [2.45, 2.75) is 19.3 Å². The maximum Gasteiger partial charge on any atom is 0.311 e. The number of carboxylic acid groups (broad SMARTS) is 1. The molecule has 0 amide bonds. The number of benzene rings is 1. The fourth-order valence-corrected chi connectivity index (χ4v) is 3.20. The van der Waals surface area contributed by atoms with E-state index in [-0.39, 0.29) is 5.82 Å². The molecule has 24 heavy (non-hydrogen) atoms. The zero-order valence-corrected chi connectivity index (χ0v) is 13.2. The van der Waals surface area contributed by atoms with E-state index in [2.05, 4.69) is 9.97 Å². The van der Waals surface area contributed by atoms with Gasteiger partial charge in [-0.1, -0.05) is 12.1 Å². The minimum Gasteiger partial charge on any atom is -0.481 e. The van der Waals surface area contributed by atoms with E-state index in [9.17, 15) is 14.3 Å². The third kappa shape index (κ3) is 3.29. The van der Waals surface area contributed by atoms with Crippen LogP contribution in [0, 0.1) is 11.2 Å². The first-order valence-corrected chi connectivity index (χ1v) is 7.80. The molecule has 1 saturated heterocycles. The Morgan fingerprint density at radius 3 is 2.75 bits per heavy atom. The zero-order valence-electron chi connectivity index (χ0n) is 13.2. The van der Waals surface area contributed by atoms with Gasteiger partial charge < -0.3 is 15.7 Å². The van der Waals surface area contributed by atoms with E-state index in [0.717, 1.165) is 5.56 Å². The van der Waals surface area contributed by atoms with Crippen molar-refractivity contribution in [3.63, 3.8) is 0 Å². The lowest BCUT2D eigenvalue weighted by Crippen LogP contribution is -2.49. The van der Waals surface area contributed by atoms with Crippen LogP contribution in [0.3, 0.4) is 0 Å². The number of nitrogens with zero attached hydrogens (tertiary/aromatic N) is 3. The molecule has 1 aliphatic heterocycles. The lowest BCUT2D eigenvalue weighted by molar-refractivity contribution is -0.149. The summed E-state index contributed by atoms with van der Waals surface area (Å²) in [5.74, 6) is -0.397. The molecule has 1 aromatic carbocycles. The number of aromatic nitrogens is 2. The highest BCUT2D eigenvalue weighted by Gasteiger charge is 2.43. The number of nitrogen functional groups attached to an aromatic ring is 1. The van der Waals surface area contributed by atoms with Gasteiger partial charge in [0.05, 0.1) is 5.41 Å². The largest absolute Gasteiger partial charge is 0.481 e. The van der Waals surface area contributed by atoms with E-state index < -0.39 is 11.4 Å². The zero-order chi connectivity index (χ0) is 17.2. The van der Waals surface area contributed by atoms with Gasteiger partial charge >= 0.3 is 5.97 Å². The van der Waals surface area contributed by atoms with Gasteiger partial charge in [-0.15, -0.1) is 0 Å². The number of carboxylic acids is 1. The number of rotatable bonds is 4. The molecule has 2 heterocycles. The number of anilines is 2. The Labute approximate surface area is 139 Å². The smallest absolute Gasteiger partial charge is 0.311 e. The third-order valence-electron chi connectivity index (χ3n) is 4.43. The average molecular weight is 330 g/mol. The predicted molar refractivity (Wildman–Crippen MR) is 88.1 cm³/mol. The van der Waals surface area contributed by atoms with Crippen LogP contribution in [0.5, 0.6) is 0 Å². The normalized spacial score (nSPS) is 20.8. The number of hydrogen-bond donors (Lipinski definition) is 2. The van der Waals surface area contributed by atoms with E-state index >= 15 is 0 Å². The predicted octanol–water partition coefficient (Wildman–Crippen LogP) is 2.11. The first-order valence-electron chi connectivity index (χ1n) is 7.80. The van der Waals surface area contributed by atoms with Gasteiger partial charge in [-0.3, -0.25) is 4.79 Å². The summed E-state index contributed by atoms with van der Waals surface area (Å²) in [6.45, 7) is 0.977. The Morgan fingerprint density at radius 1 is 1.33 bits per heavy atom. The summed E-state index contributed by atoms with van der Waals surface area (Å²) < 4.78 is 13.1. The van der Waals surface area contributed by atoms with Crippen LogP contribution in [0.4, 0.5) is 16.2 Å². The summed E-state index contributed by atoms with van der Waals surface area (Å²) in [6, 6.07) is 7.57. The van der Waals surface area contributed by atoms with Gasteiger partial charge in [0.1, 0.15) is 11.6 Å². The van der Waals surface area contributed by atoms with E-state index in [0.29, 0.717) is 44.1 Å². The number of halogens is 1. The highest BCUT2D eigenvalue weighted by Crippen LogP contribution is 2.35. The van der Waals surface area contributed by atoms with E-state index in [1.807, 2.05) is 4.90 Å². The second-order valence-electron chi connectivity index (χ2n) is 6.20. The molecule has 0 bridgehead atoms. The number of aliphatic carboxylic acids is 1. The highest BCUT2D eigenvalue weighted by molar-refractivity contribution is 5.76. The van der Waals surface area contributed by atoms with E-state index in [1.54, 1.807) is 24.4 Å². The molecule has 1 aromatic heterocycles. The molecule has 2 aromatic rings. The molecule has 7 heteroatoms. The molecular weight excluding hydrogens is 311 g/mol. The second kappa shape index (κ2) is 6.43. The third-order valence-corrected chi connectivity index (χ3v) is 4.43. The Morgan fingerprint density at radius 2 is 2.08 bits per heavy atom. The number of carbonyl (C=O) groups is 1. The molecule has 6 nitrogen and oxygen atoms in total. The highest BCUT2D eigenvalue weighted by atomic mass is 19.1. The maximum absolute atomic E-state index is 13.1. The first-order chi connectivity index (χ1) is 11.5. The Balaban J connectivity index is 1.86. The molecule has 0 aliphatic carbocycles. The summed E-state index contributed by atoms with van der Waals surface area (Å²) in [4.78, 5) is 22.3. The van der Waals surface area contributed by atoms with Gasteiger partial charge in [0, 0.05) is 19.3 Å². The number of nitrogens with two attached hydrogens (primary N) is 1. The molecule has 0 saturated carbocycles. The monoisotopic (exact) mass is 330 g/mol. The van der Waals surface area contributed by atoms with Crippen LogP contribution in [0.25, 0.3) is 0 Å². The van der Waals surface area contributed by atoms with Crippen molar-refractivity contribution in [2.24, 2.45) is 5.41 Å². The molecule has 1 atom stereocenters. The van der Waals surface area contributed by atoms with E-state index in [1.165, 1.54) is 12.1 Å². The molecule has 126 valence electrons. The Bertz CT molecular complexity index is 738. The molecule has 1 aliphatic rings. The van der Waals surface area contributed by atoms with E-state index in [4.69, 9.17) is 5.73 Å². The van der Waals surface area contributed by atoms with Crippen LogP contribution in [0.2, 0.25) is 0 Å². The molecule has 0 spiro atoms. The van der Waals surface area contributed by atoms with Crippen LogP contribution < -0.4 is 10.6 Å². The summed E-state index contributed by atoms with van der Waals surface area (Å²) in [5.41, 5.74) is 5.55. The van der Waals surface area contributed by atoms with Gasteiger partial charge in [0.25, 0.3) is 0 Å². The van der Waals surface area contributed by atoms with Gasteiger partial charge in [-0.05, 0) is 43.0 Å². The molecule has 0 unspecified atom stereocenters. The summed E-state index contributed by atoms with van der Waals surface area (Å²) in [6.07, 6.45) is 3.17. The second-order valence-corrected chi connectivity index (χ2v) is 6.20. The quantitative estimate of drug-likeness (QED) is 0.892. The molecule has 3 N–H and O–H groups in total. The van der Waals surface area contributed by atoms with Crippen LogP contribution in [0.15, 0.2) is 36.5 Å². The summed E-state index contributed by atoms with van der Waals surface area (Å²) >= 11 is 0. The van der Waals surface area contributed by atoms with Crippen molar-refractivity contribution in [3.8, 4) is 0 Å². The van der Waals surface area contributed by atoms with Crippen LogP contribution >= 0.6 is 0 Å². The summed E-state index contributed by atoms with van der Waals surface area (Å²) in [5, 5.41) is 9.86. The van der Waals surface area contributed by atoms with Gasteiger partial charge in [-0.25, -0.2) is 9.37 Å². The lowest BCUT2D eigenvalue weighted by atomic mass is 9.75. The molecule has 1 fully saturated rings. The van der Waals surface area contributed by atoms with Gasteiger partial charge in [0.2, 0.25) is 5.95 Å². The standard InChI is InChI=1S/C17H19FN4O2/c18-13-4-2-12(3-5-13)10-17(15(23)24)7-1-9-22(11-17)16-20-8-6-14(19)21-16/h2-6,8H,1,7,9-11H2,(H,23,24)(H2,19,20,21)/t17-/m0/s1. The van der Waals surface area contributed by atoms with Crippen molar-refractivity contribution in [1.29, 1.82) is 0 Å². The van der Waals surface area contributed by atoms with Gasteiger partial charge in [-0.2, -0.15) is 4.98 Å². The fraction of sp³-hybridized carbons (Fsp3) is 0.353. The Kier molecular flexibility index (Phi) is 4.33.